The summed E-state index contributed by atoms with van der Waals surface area (Å²) in [5.74, 6) is 0.446. The largest absolute Gasteiger partial charge is 0.495 e. The van der Waals surface area contributed by atoms with Crippen molar-refractivity contribution < 1.29 is 18.4 Å². The Morgan fingerprint density at radius 3 is 2.44 bits per heavy atom. The van der Waals surface area contributed by atoms with Crippen molar-refractivity contribution in [2.24, 2.45) is 0 Å². The van der Waals surface area contributed by atoms with E-state index in [1.807, 2.05) is 54.6 Å². The number of nitrogens with one attached hydrogen (secondary N) is 1. The van der Waals surface area contributed by atoms with Gasteiger partial charge in [-0.2, -0.15) is 0 Å². The number of para-hydroxylation sites is 2. The van der Waals surface area contributed by atoms with E-state index in [0.717, 1.165) is 21.7 Å². The number of hydrogen-bond acceptors (Lipinski definition) is 4. The lowest BCUT2D eigenvalue weighted by Crippen LogP contribution is -2.11. The minimum absolute atomic E-state index is 0.239. The van der Waals surface area contributed by atoms with E-state index in [9.17, 15) is 4.79 Å². The van der Waals surface area contributed by atoms with Gasteiger partial charge in [0.15, 0.2) is 5.76 Å². The first-order chi connectivity index (χ1) is 13.2. The molecule has 0 radical (unpaired) electrons. The number of amides is 1. The van der Waals surface area contributed by atoms with Gasteiger partial charge in [-0.15, -0.1) is 0 Å². The van der Waals surface area contributed by atoms with Gasteiger partial charge in [0.25, 0.3) is 5.91 Å². The smallest absolute Gasteiger partial charge is 0.291 e. The third-order valence-electron chi connectivity index (χ3n) is 4.60. The second kappa shape index (κ2) is 5.92. The zero-order valence-corrected chi connectivity index (χ0v) is 14.5. The first-order valence-corrected chi connectivity index (χ1v) is 8.52. The van der Waals surface area contributed by atoms with E-state index in [1.165, 1.54) is 0 Å². The highest BCUT2D eigenvalue weighted by Gasteiger charge is 2.17. The second-order valence-electron chi connectivity index (χ2n) is 6.25. The van der Waals surface area contributed by atoms with Crippen molar-refractivity contribution in [3.05, 3.63) is 72.5 Å². The number of fused-ring (bicyclic) bond motifs is 4. The molecule has 1 amide bonds. The van der Waals surface area contributed by atoms with Gasteiger partial charge in [-0.1, -0.05) is 36.4 Å². The number of anilines is 1. The minimum atomic E-state index is -0.347. The highest BCUT2D eigenvalue weighted by atomic mass is 16.5. The van der Waals surface area contributed by atoms with E-state index >= 15 is 0 Å². The van der Waals surface area contributed by atoms with E-state index in [-0.39, 0.29) is 11.7 Å². The minimum Gasteiger partial charge on any atom is -0.495 e. The van der Waals surface area contributed by atoms with Crippen LogP contribution in [-0.4, -0.2) is 13.0 Å². The lowest BCUT2D eigenvalue weighted by atomic mass is 10.1. The summed E-state index contributed by atoms with van der Waals surface area (Å²) in [6.07, 6.45) is 0. The zero-order valence-electron chi connectivity index (χ0n) is 14.5. The Balaban J connectivity index is 1.57. The van der Waals surface area contributed by atoms with Crippen LogP contribution in [0.2, 0.25) is 0 Å². The van der Waals surface area contributed by atoms with Crippen LogP contribution in [0, 0.1) is 0 Å². The highest BCUT2D eigenvalue weighted by molar-refractivity contribution is 6.10. The highest BCUT2D eigenvalue weighted by Crippen LogP contribution is 2.36. The summed E-state index contributed by atoms with van der Waals surface area (Å²) < 4.78 is 17.0. The molecule has 5 aromatic rings. The number of methoxy groups -OCH3 is 1. The van der Waals surface area contributed by atoms with Crippen molar-refractivity contribution in [2.75, 3.05) is 12.4 Å². The van der Waals surface area contributed by atoms with Gasteiger partial charge < -0.3 is 18.9 Å². The van der Waals surface area contributed by atoms with E-state index in [1.54, 1.807) is 19.2 Å². The second-order valence-corrected chi connectivity index (χ2v) is 6.25. The lowest BCUT2D eigenvalue weighted by Gasteiger charge is -2.09. The maximum Gasteiger partial charge on any atom is 0.291 e. The van der Waals surface area contributed by atoms with Gasteiger partial charge in [0.2, 0.25) is 0 Å². The molecule has 1 N–H and O–H groups in total. The van der Waals surface area contributed by atoms with Crippen LogP contribution in [0.4, 0.5) is 5.69 Å². The maximum atomic E-state index is 12.7. The Morgan fingerprint density at radius 2 is 1.63 bits per heavy atom. The molecule has 27 heavy (non-hydrogen) atoms. The van der Waals surface area contributed by atoms with Crippen molar-refractivity contribution in [3.8, 4) is 5.75 Å². The Kier molecular flexibility index (Phi) is 3.40. The molecule has 0 aliphatic rings. The van der Waals surface area contributed by atoms with E-state index in [2.05, 4.69) is 5.32 Å². The first-order valence-electron chi connectivity index (χ1n) is 8.52. The van der Waals surface area contributed by atoms with E-state index < -0.39 is 0 Å². The Morgan fingerprint density at radius 1 is 0.852 bits per heavy atom. The summed E-state index contributed by atoms with van der Waals surface area (Å²) in [4.78, 5) is 12.7. The molecule has 3 aromatic carbocycles. The normalized spacial score (nSPS) is 11.3. The summed E-state index contributed by atoms with van der Waals surface area (Å²) in [7, 11) is 1.57. The van der Waals surface area contributed by atoms with Gasteiger partial charge in [0.05, 0.1) is 12.8 Å². The third kappa shape index (κ3) is 2.52. The summed E-state index contributed by atoms with van der Waals surface area (Å²) in [5, 5.41) is 5.67. The summed E-state index contributed by atoms with van der Waals surface area (Å²) in [6, 6.07) is 20.6. The topological polar surface area (TPSA) is 64.6 Å². The molecule has 5 rings (SSSR count). The Bertz CT molecular complexity index is 1280. The van der Waals surface area contributed by atoms with Crippen molar-refractivity contribution in [1.29, 1.82) is 0 Å². The van der Waals surface area contributed by atoms with E-state index in [0.29, 0.717) is 22.6 Å². The van der Waals surface area contributed by atoms with Gasteiger partial charge in [-0.05, 0) is 24.3 Å². The molecule has 0 saturated heterocycles. The molecule has 0 saturated carbocycles. The molecule has 0 atom stereocenters. The van der Waals surface area contributed by atoms with Crippen LogP contribution in [0.1, 0.15) is 10.6 Å². The molecule has 5 nitrogen and oxygen atoms in total. The molecule has 0 aliphatic carbocycles. The fourth-order valence-corrected chi connectivity index (χ4v) is 3.30. The molecule has 2 heterocycles. The summed E-state index contributed by atoms with van der Waals surface area (Å²) in [6.45, 7) is 0. The monoisotopic (exact) mass is 357 g/mol. The predicted octanol–water partition coefficient (Wildman–Crippen LogP) is 5.59. The lowest BCUT2D eigenvalue weighted by molar-refractivity contribution is 0.0998. The molecular weight excluding hydrogens is 342 g/mol. The van der Waals surface area contributed by atoms with Crippen molar-refractivity contribution in [3.63, 3.8) is 0 Å². The molecule has 0 bridgehead atoms. The van der Waals surface area contributed by atoms with Crippen LogP contribution < -0.4 is 10.1 Å². The van der Waals surface area contributed by atoms with Gasteiger partial charge in [0.1, 0.15) is 22.5 Å². The molecule has 0 unspecified atom stereocenters. The summed E-state index contributed by atoms with van der Waals surface area (Å²) in [5.41, 5.74) is 2.66. The fraction of sp³-hybridized carbons (Fsp3) is 0.0455. The number of ether oxygens (including phenoxy) is 1. The van der Waals surface area contributed by atoms with Gasteiger partial charge in [-0.3, -0.25) is 4.79 Å². The first kappa shape index (κ1) is 15.5. The quantitative estimate of drug-likeness (QED) is 0.457. The maximum absolute atomic E-state index is 12.7. The molecule has 2 aromatic heterocycles. The SMILES string of the molecule is COc1cc2c(cc1NC(=O)c1cc3ccccc3o1)oc1ccccc12. The van der Waals surface area contributed by atoms with Crippen molar-refractivity contribution in [1.82, 2.24) is 0 Å². The number of hydrogen-bond donors (Lipinski definition) is 1. The number of furan rings is 2. The average molecular weight is 357 g/mol. The van der Waals surface area contributed by atoms with Gasteiger partial charge >= 0.3 is 0 Å². The standard InChI is InChI=1S/C22H15NO4/c1-25-20-11-15-14-7-3-5-9-18(14)27-19(15)12-16(20)23-22(24)21-10-13-6-2-4-8-17(13)26-21/h2-12H,1H3,(H,23,24). The van der Waals surface area contributed by atoms with E-state index in [4.69, 9.17) is 13.6 Å². The fourth-order valence-electron chi connectivity index (χ4n) is 3.30. The van der Waals surface area contributed by atoms with Crippen LogP contribution in [-0.2, 0) is 0 Å². The van der Waals surface area contributed by atoms with Crippen LogP contribution in [0.25, 0.3) is 32.9 Å². The molecule has 0 spiro atoms. The molecule has 0 aliphatic heterocycles. The van der Waals surface area contributed by atoms with Crippen LogP contribution >= 0.6 is 0 Å². The van der Waals surface area contributed by atoms with Crippen LogP contribution in [0.5, 0.6) is 5.75 Å². The number of carbonyl (C=O) groups excluding carboxylic acids is 1. The number of carbonyl (C=O) groups is 1. The molecule has 132 valence electrons. The zero-order chi connectivity index (χ0) is 18.4. The number of benzene rings is 3. The van der Waals surface area contributed by atoms with Crippen LogP contribution in [0.15, 0.2) is 75.6 Å². The van der Waals surface area contributed by atoms with Gasteiger partial charge in [0, 0.05) is 22.2 Å². The summed E-state index contributed by atoms with van der Waals surface area (Å²) >= 11 is 0. The molecular formula is C22H15NO4. The number of rotatable bonds is 3. The predicted molar refractivity (Wildman–Crippen MR) is 104 cm³/mol. The molecule has 0 fully saturated rings. The Labute approximate surface area is 154 Å². The van der Waals surface area contributed by atoms with Crippen LogP contribution in [0.3, 0.4) is 0 Å². The van der Waals surface area contributed by atoms with Crippen molar-refractivity contribution >= 4 is 44.5 Å². The molecule has 5 heteroatoms. The van der Waals surface area contributed by atoms with Crippen molar-refractivity contribution in [2.45, 2.75) is 0 Å². The Hall–Kier alpha value is -3.73. The third-order valence-corrected chi connectivity index (χ3v) is 4.60. The van der Waals surface area contributed by atoms with Gasteiger partial charge in [-0.25, -0.2) is 0 Å². The average Bonchev–Trinajstić information content (AvgIpc) is 3.28.